The first-order valence-corrected chi connectivity index (χ1v) is 9.62. The summed E-state index contributed by atoms with van der Waals surface area (Å²) in [7, 11) is 6.13. The van der Waals surface area contributed by atoms with Crippen molar-refractivity contribution in [3.05, 3.63) is 29.3 Å². The average Bonchev–Trinajstić information content (AvgIpc) is 2.98. The van der Waals surface area contributed by atoms with Crippen LogP contribution in [0.15, 0.2) is 12.4 Å². The standard InChI is InChI=1S/C19H29N7/c1-23(2)18-12-19(21-14-20-18)26-10-8-25(9-11-26)13-17-15-6-4-5-7-16(15)22-24(17)3/h12,14H,4-11,13H2,1-3H3. The molecule has 3 heterocycles. The molecular formula is C19H29N7. The van der Waals surface area contributed by atoms with Crippen molar-refractivity contribution in [3.8, 4) is 0 Å². The van der Waals surface area contributed by atoms with Gasteiger partial charge in [-0.1, -0.05) is 0 Å². The largest absolute Gasteiger partial charge is 0.363 e. The highest BCUT2D eigenvalue weighted by Crippen LogP contribution is 2.25. The van der Waals surface area contributed by atoms with Crippen molar-refractivity contribution in [1.29, 1.82) is 0 Å². The molecule has 0 spiro atoms. The predicted octanol–water partition coefficient (Wildman–Crippen LogP) is 1.48. The second kappa shape index (κ2) is 7.23. The Morgan fingerprint density at radius 3 is 2.58 bits per heavy atom. The number of rotatable bonds is 4. The number of hydrogen-bond donors (Lipinski definition) is 0. The zero-order chi connectivity index (χ0) is 18.1. The van der Waals surface area contributed by atoms with E-state index in [9.17, 15) is 0 Å². The highest BCUT2D eigenvalue weighted by molar-refractivity contribution is 5.49. The highest BCUT2D eigenvalue weighted by atomic mass is 15.3. The molecule has 7 nitrogen and oxygen atoms in total. The van der Waals surface area contributed by atoms with E-state index in [1.165, 1.54) is 36.2 Å². The molecule has 0 saturated carbocycles. The van der Waals surface area contributed by atoms with Crippen LogP contribution in [-0.2, 0) is 26.4 Å². The van der Waals surface area contributed by atoms with E-state index in [-0.39, 0.29) is 0 Å². The van der Waals surface area contributed by atoms with Gasteiger partial charge in [0.25, 0.3) is 0 Å². The fraction of sp³-hybridized carbons (Fsp3) is 0.632. The van der Waals surface area contributed by atoms with Gasteiger partial charge in [-0.25, -0.2) is 9.97 Å². The highest BCUT2D eigenvalue weighted by Gasteiger charge is 2.23. The molecule has 26 heavy (non-hydrogen) atoms. The molecule has 0 aromatic carbocycles. The number of anilines is 2. The van der Waals surface area contributed by atoms with Gasteiger partial charge in [0.05, 0.1) is 11.4 Å². The van der Waals surface area contributed by atoms with Crippen LogP contribution in [0.5, 0.6) is 0 Å². The van der Waals surface area contributed by atoms with Crippen molar-refractivity contribution in [1.82, 2.24) is 24.6 Å². The van der Waals surface area contributed by atoms with Crippen LogP contribution in [0.2, 0.25) is 0 Å². The summed E-state index contributed by atoms with van der Waals surface area (Å²) in [6.45, 7) is 5.13. The van der Waals surface area contributed by atoms with E-state index in [0.29, 0.717) is 0 Å². The third-order valence-electron chi connectivity index (χ3n) is 5.61. The lowest BCUT2D eigenvalue weighted by Crippen LogP contribution is -2.46. The third-order valence-corrected chi connectivity index (χ3v) is 5.61. The Hall–Kier alpha value is -2.15. The van der Waals surface area contributed by atoms with Crippen molar-refractivity contribution >= 4 is 11.6 Å². The zero-order valence-corrected chi connectivity index (χ0v) is 16.1. The Labute approximate surface area is 155 Å². The monoisotopic (exact) mass is 355 g/mol. The van der Waals surface area contributed by atoms with Crippen LogP contribution in [0.3, 0.4) is 0 Å². The SMILES string of the molecule is CN(C)c1cc(N2CCN(Cc3c4c(nn3C)CCCC4)CC2)ncn1. The first kappa shape index (κ1) is 17.3. The average molecular weight is 355 g/mol. The van der Waals surface area contributed by atoms with Gasteiger partial charge >= 0.3 is 0 Å². The summed E-state index contributed by atoms with van der Waals surface area (Å²) in [5, 5.41) is 4.76. The van der Waals surface area contributed by atoms with Crippen LogP contribution in [0.1, 0.15) is 29.8 Å². The van der Waals surface area contributed by atoms with Crippen molar-refractivity contribution in [2.45, 2.75) is 32.2 Å². The molecular weight excluding hydrogens is 326 g/mol. The Kier molecular flexibility index (Phi) is 4.80. The summed E-state index contributed by atoms with van der Waals surface area (Å²) in [4.78, 5) is 15.7. The van der Waals surface area contributed by atoms with Gasteiger partial charge in [-0.05, 0) is 31.2 Å². The van der Waals surface area contributed by atoms with E-state index in [0.717, 1.165) is 50.8 Å². The van der Waals surface area contributed by atoms with Gasteiger partial charge in [0.2, 0.25) is 0 Å². The van der Waals surface area contributed by atoms with Gasteiger partial charge in [-0.3, -0.25) is 9.58 Å². The van der Waals surface area contributed by atoms with Crippen LogP contribution in [0.4, 0.5) is 11.6 Å². The van der Waals surface area contributed by atoms with Crippen molar-refractivity contribution in [2.24, 2.45) is 7.05 Å². The number of hydrogen-bond acceptors (Lipinski definition) is 6. The molecule has 7 heteroatoms. The number of aryl methyl sites for hydroxylation is 2. The third kappa shape index (κ3) is 3.40. The smallest absolute Gasteiger partial charge is 0.134 e. The second-order valence-corrected chi connectivity index (χ2v) is 7.59. The Morgan fingerprint density at radius 2 is 1.81 bits per heavy atom. The Morgan fingerprint density at radius 1 is 1.04 bits per heavy atom. The molecule has 0 unspecified atom stereocenters. The molecule has 0 atom stereocenters. The van der Waals surface area contributed by atoms with Crippen molar-refractivity contribution in [2.75, 3.05) is 50.1 Å². The lowest BCUT2D eigenvalue weighted by Gasteiger charge is -2.35. The predicted molar refractivity (Wildman–Crippen MR) is 104 cm³/mol. The van der Waals surface area contributed by atoms with Crippen LogP contribution < -0.4 is 9.80 Å². The van der Waals surface area contributed by atoms with E-state index in [4.69, 9.17) is 5.10 Å². The van der Waals surface area contributed by atoms with Crippen molar-refractivity contribution in [3.63, 3.8) is 0 Å². The van der Waals surface area contributed by atoms with Gasteiger partial charge in [0.1, 0.15) is 18.0 Å². The Balaban J connectivity index is 1.40. The maximum Gasteiger partial charge on any atom is 0.134 e. The van der Waals surface area contributed by atoms with Gasteiger partial charge in [0.15, 0.2) is 0 Å². The molecule has 0 amide bonds. The molecule has 1 aliphatic heterocycles. The fourth-order valence-corrected chi connectivity index (χ4v) is 4.05. The first-order valence-electron chi connectivity index (χ1n) is 9.62. The normalized spacial score (nSPS) is 18.0. The second-order valence-electron chi connectivity index (χ2n) is 7.59. The minimum atomic E-state index is 0.957. The summed E-state index contributed by atoms with van der Waals surface area (Å²) in [6.07, 6.45) is 6.61. The number of nitrogens with zero attached hydrogens (tertiary/aromatic N) is 7. The van der Waals surface area contributed by atoms with E-state index < -0.39 is 0 Å². The van der Waals surface area contributed by atoms with Gasteiger partial charge in [0, 0.05) is 59.9 Å². The molecule has 1 aliphatic carbocycles. The number of fused-ring (bicyclic) bond motifs is 1. The number of aromatic nitrogens is 4. The molecule has 2 aromatic heterocycles. The molecule has 1 fully saturated rings. The minimum Gasteiger partial charge on any atom is -0.363 e. The maximum atomic E-state index is 4.76. The molecule has 2 aliphatic rings. The van der Waals surface area contributed by atoms with Gasteiger partial charge in [-0.2, -0.15) is 5.10 Å². The fourth-order valence-electron chi connectivity index (χ4n) is 4.05. The molecule has 140 valence electrons. The molecule has 0 bridgehead atoms. The van der Waals surface area contributed by atoms with Crippen LogP contribution in [0, 0.1) is 0 Å². The molecule has 1 saturated heterocycles. The van der Waals surface area contributed by atoms with Gasteiger partial charge in [-0.15, -0.1) is 0 Å². The first-order chi connectivity index (χ1) is 12.6. The van der Waals surface area contributed by atoms with Crippen LogP contribution in [0.25, 0.3) is 0 Å². The van der Waals surface area contributed by atoms with E-state index in [2.05, 4.69) is 37.6 Å². The lowest BCUT2D eigenvalue weighted by atomic mass is 9.95. The number of piperazine rings is 1. The molecule has 0 radical (unpaired) electrons. The molecule has 0 N–H and O–H groups in total. The topological polar surface area (TPSA) is 53.3 Å². The van der Waals surface area contributed by atoms with Crippen LogP contribution >= 0.6 is 0 Å². The summed E-state index contributed by atoms with van der Waals surface area (Å²) >= 11 is 0. The summed E-state index contributed by atoms with van der Waals surface area (Å²) < 4.78 is 2.12. The molecule has 2 aromatic rings. The zero-order valence-electron chi connectivity index (χ0n) is 16.1. The summed E-state index contributed by atoms with van der Waals surface area (Å²) in [6, 6.07) is 2.08. The quantitative estimate of drug-likeness (QED) is 0.828. The minimum absolute atomic E-state index is 0.957. The summed E-state index contributed by atoms with van der Waals surface area (Å²) in [5.74, 6) is 1.99. The molecule has 4 rings (SSSR count). The Bertz CT molecular complexity index is 759. The van der Waals surface area contributed by atoms with E-state index in [1.54, 1.807) is 6.33 Å². The van der Waals surface area contributed by atoms with Crippen molar-refractivity contribution < 1.29 is 0 Å². The lowest BCUT2D eigenvalue weighted by molar-refractivity contribution is 0.242. The van der Waals surface area contributed by atoms with Crippen LogP contribution in [-0.4, -0.2) is 64.9 Å². The summed E-state index contributed by atoms with van der Waals surface area (Å²) in [5.41, 5.74) is 4.28. The van der Waals surface area contributed by atoms with Gasteiger partial charge < -0.3 is 9.80 Å². The maximum absolute atomic E-state index is 4.76. The van der Waals surface area contributed by atoms with E-state index in [1.807, 2.05) is 19.0 Å². The van der Waals surface area contributed by atoms with E-state index >= 15 is 0 Å².